The number of hydrogen-bond acceptors (Lipinski definition) is 4. The van der Waals surface area contributed by atoms with E-state index in [4.69, 9.17) is 4.74 Å². The van der Waals surface area contributed by atoms with E-state index < -0.39 is 9.84 Å². The van der Waals surface area contributed by atoms with Gasteiger partial charge < -0.3 is 10.1 Å². The molecule has 0 aliphatic carbocycles. The SMILES string of the molecule is COc1ccc(C)cc1C(C)NC(=O)c1ccc(CS(C)(=O)=O)cc1. The summed E-state index contributed by atoms with van der Waals surface area (Å²) >= 11 is 0. The lowest BCUT2D eigenvalue weighted by Gasteiger charge is -2.18. The van der Waals surface area contributed by atoms with Crippen molar-refractivity contribution in [3.63, 3.8) is 0 Å². The third-order valence-electron chi connectivity index (χ3n) is 3.84. The van der Waals surface area contributed by atoms with Crippen LogP contribution >= 0.6 is 0 Å². The Morgan fingerprint density at radius 2 is 1.80 bits per heavy atom. The zero-order chi connectivity index (χ0) is 18.6. The summed E-state index contributed by atoms with van der Waals surface area (Å²) in [5.41, 5.74) is 3.13. The summed E-state index contributed by atoms with van der Waals surface area (Å²) in [6.45, 7) is 3.88. The Labute approximate surface area is 148 Å². The molecule has 2 aromatic rings. The van der Waals surface area contributed by atoms with Crippen LogP contribution in [0.4, 0.5) is 0 Å². The maximum atomic E-state index is 12.4. The molecule has 1 unspecified atom stereocenters. The quantitative estimate of drug-likeness (QED) is 0.858. The summed E-state index contributed by atoms with van der Waals surface area (Å²) in [6.07, 6.45) is 1.19. The highest BCUT2D eigenvalue weighted by Gasteiger charge is 2.15. The predicted molar refractivity (Wildman–Crippen MR) is 98.6 cm³/mol. The lowest BCUT2D eigenvalue weighted by molar-refractivity contribution is 0.0939. The topological polar surface area (TPSA) is 72.5 Å². The van der Waals surface area contributed by atoms with Gasteiger partial charge in [0, 0.05) is 17.4 Å². The van der Waals surface area contributed by atoms with Crippen LogP contribution in [0.15, 0.2) is 42.5 Å². The van der Waals surface area contributed by atoms with Gasteiger partial charge in [0.1, 0.15) is 5.75 Å². The van der Waals surface area contributed by atoms with Gasteiger partial charge >= 0.3 is 0 Å². The van der Waals surface area contributed by atoms with Crippen molar-refractivity contribution >= 4 is 15.7 Å². The first-order valence-corrected chi connectivity index (χ1v) is 9.97. The van der Waals surface area contributed by atoms with Gasteiger partial charge in [-0.05, 0) is 37.6 Å². The summed E-state index contributed by atoms with van der Waals surface area (Å²) < 4.78 is 28.0. The van der Waals surface area contributed by atoms with Gasteiger partial charge in [0.2, 0.25) is 0 Å². The third-order valence-corrected chi connectivity index (χ3v) is 4.70. The molecule has 5 nitrogen and oxygen atoms in total. The number of hydrogen-bond donors (Lipinski definition) is 1. The molecule has 0 radical (unpaired) electrons. The zero-order valence-corrected chi connectivity index (χ0v) is 15.7. The minimum Gasteiger partial charge on any atom is -0.496 e. The first-order valence-electron chi connectivity index (χ1n) is 7.91. The van der Waals surface area contributed by atoms with Crippen molar-refractivity contribution in [3.05, 3.63) is 64.7 Å². The van der Waals surface area contributed by atoms with Crippen LogP contribution in [0.2, 0.25) is 0 Å². The van der Waals surface area contributed by atoms with Gasteiger partial charge in [-0.15, -0.1) is 0 Å². The van der Waals surface area contributed by atoms with Gasteiger partial charge in [-0.3, -0.25) is 4.79 Å². The molecule has 1 atom stereocenters. The Bertz CT molecular complexity index is 857. The van der Waals surface area contributed by atoms with E-state index in [1.54, 1.807) is 31.4 Å². The fraction of sp³-hybridized carbons (Fsp3) is 0.316. The molecule has 2 aromatic carbocycles. The first kappa shape index (κ1) is 19.0. The number of carbonyl (C=O) groups excluding carboxylic acids is 1. The van der Waals surface area contributed by atoms with Crippen molar-refractivity contribution in [2.75, 3.05) is 13.4 Å². The highest BCUT2D eigenvalue weighted by Crippen LogP contribution is 2.26. The molecule has 0 bridgehead atoms. The van der Waals surface area contributed by atoms with Gasteiger partial charge in [0.25, 0.3) is 5.91 Å². The van der Waals surface area contributed by atoms with Gasteiger partial charge in [0.05, 0.1) is 18.9 Å². The van der Waals surface area contributed by atoms with Crippen LogP contribution in [-0.2, 0) is 15.6 Å². The number of rotatable bonds is 6. The molecule has 134 valence electrons. The van der Waals surface area contributed by atoms with Gasteiger partial charge in [-0.25, -0.2) is 8.42 Å². The molecular formula is C19H23NO4S. The van der Waals surface area contributed by atoms with E-state index >= 15 is 0 Å². The Balaban J connectivity index is 2.12. The molecule has 0 aromatic heterocycles. The highest BCUT2D eigenvalue weighted by molar-refractivity contribution is 7.89. The largest absolute Gasteiger partial charge is 0.496 e. The molecule has 0 aliphatic rings. The molecule has 0 heterocycles. The van der Waals surface area contributed by atoms with Crippen molar-refractivity contribution in [2.24, 2.45) is 0 Å². The maximum Gasteiger partial charge on any atom is 0.251 e. The van der Waals surface area contributed by atoms with Gasteiger partial charge in [-0.2, -0.15) is 0 Å². The monoisotopic (exact) mass is 361 g/mol. The van der Waals surface area contributed by atoms with Crippen LogP contribution in [0.1, 0.15) is 40.0 Å². The second-order valence-corrected chi connectivity index (χ2v) is 8.35. The van der Waals surface area contributed by atoms with Crippen molar-refractivity contribution in [1.29, 1.82) is 0 Å². The number of benzene rings is 2. The highest BCUT2D eigenvalue weighted by atomic mass is 32.2. The summed E-state index contributed by atoms with van der Waals surface area (Å²) in [5.74, 6) is 0.468. The third kappa shape index (κ3) is 5.32. The number of aryl methyl sites for hydroxylation is 1. The van der Waals surface area contributed by atoms with E-state index in [0.29, 0.717) is 11.1 Å². The summed E-state index contributed by atoms with van der Waals surface area (Å²) in [7, 11) is -1.49. The van der Waals surface area contributed by atoms with E-state index in [9.17, 15) is 13.2 Å². The van der Waals surface area contributed by atoms with Crippen molar-refractivity contribution < 1.29 is 17.9 Å². The molecule has 2 rings (SSSR count). The number of nitrogens with one attached hydrogen (secondary N) is 1. The van der Waals surface area contributed by atoms with Crippen LogP contribution in [0.5, 0.6) is 5.75 Å². The molecule has 1 N–H and O–H groups in total. The predicted octanol–water partition coefficient (Wildman–Crippen LogP) is 3.04. The van der Waals surface area contributed by atoms with E-state index in [2.05, 4.69) is 5.32 Å². The standard InChI is InChI=1S/C19H23NO4S/c1-13-5-10-18(24-3)17(11-13)14(2)20-19(21)16-8-6-15(7-9-16)12-25(4,22)23/h5-11,14H,12H2,1-4H3,(H,20,21). The van der Waals surface area contributed by atoms with Crippen molar-refractivity contribution in [3.8, 4) is 5.75 Å². The Kier molecular flexibility index (Phi) is 5.85. The Morgan fingerprint density at radius 1 is 1.16 bits per heavy atom. The molecule has 0 saturated heterocycles. The average Bonchev–Trinajstić information content (AvgIpc) is 2.53. The van der Waals surface area contributed by atoms with E-state index in [-0.39, 0.29) is 17.7 Å². The van der Waals surface area contributed by atoms with Crippen LogP contribution in [-0.4, -0.2) is 27.7 Å². The number of sulfone groups is 1. The van der Waals surface area contributed by atoms with E-state index in [0.717, 1.165) is 16.9 Å². The fourth-order valence-corrected chi connectivity index (χ4v) is 3.40. The van der Waals surface area contributed by atoms with Crippen LogP contribution in [0.25, 0.3) is 0 Å². The summed E-state index contributed by atoms with van der Waals surface area (Å²) in [5, 5.41) is 2.94. The normalized spacial score (nSPS) is 12.5. The van der Waals surface area contributed by atoms with Crippen molar-refractivity contribution in [1.82, 2.24) is 5.32 Å². The van der Waals surface area contributed by atoms with Gasteiger partial charge in [0.15, 0.2) is 9.84 Å². The zero-order valence-electron chi connectivity index (χ0n) is 14.9. The molecule has 0 saturated carbocycles. The minimum atomic E-state index is -3.09. The lowest BCUT2D eigenvalue weighted by atomic mass is 10.0. The minimum absolute atomic E-state index is 0.0359. The number of amides is 1. The van der Waals surface area contributed by atoms with E-state index in [1.807, 2.05) is 32.0 Å². The molecule has 6 heteroatoms. The summed E-state index contributed by atoms with van der Waals surface area (Å²) in [4.78, 5) is 12.4. The second kappa shape index (κ2) is 7.70. The molecule has 0 fully saturated rings. The average molecular weight is 361 g/mol. The fourth-order valence-electron chi connectivity index (χ4n) is 2.60. The van der Waals surface area contributed by atoms with Crippen LogP contribution in [0, 0.1) is 6.92 Å². The van der Waals surface area contributed by atoms with Gasteiger partial charge in [-0.1, -0.05) is 29.8 Å². The van der Waals surface area contributed by atoms with Crippen LogP contribution in [0.3, 0.4) is 0 Å². The molecular weight excluding hydrogens is 338 g/mol. The Morgan fingerprint density at radius 3 is 2.36 bits per heavy atom. The smallest absolute Gasteiger partial charge is 0.251 e. The maximum absolute atomic E-state index is 12.4. The van der Waals surface area contributed by atoms with E-state index in [1.165, 1.54) is 6.26 Å². The molecule has 0 spiro atoms. The van der Waals surface area contributed by atoms with Crippen molar-refractivity contribution in [2.45, 2.75) is 25.6 Å². The molecule has 1 amide bonds. The molecule has 0 aliphatic heterocycles. The molecule has 25 heavy (non-hydrogen) atoms. The number of methoxy groups -OCH3 is 1. The Hall–Kier alpha value is -2.34. The summed E-state index contributed by atoms with van der Waals surface area (Å²) in [6, 6.07) is 12.2. The number of ether oxygens (including phenoxy) is 1. The second-order valence-electron chi connectivity index (χ2n) is 6.21. The number of carbonyl (C=O) groups is 1. The van der Waals surface area contributed by atoms with Crippen LogP contribution < -0.4 is 10.1 Å². The lowest BCUT2D eigenvalue weighted by Crippen LogP contribution is -2.27. The first-order chi connectivity index (χ1) is 11.7.